The van der Waals surface area contributed by atoms with Crippen LogP contribution in [-0.2, 0) is 9.73 Å². The number of rotatable bonds is 2. The number of hydrogen-bond donors (Lipinski definition) is 0. The van der Waals surface area contributed by atoms with Crippen molar-refractivity contribution in [2.45, 2.75) is 18.7 Å². The van der Waals surface area contributed by atoms with Crippen LogP contribution in [0.25, 0.3) is 0 Å². The summed E-state index contributed by atoms with van der Waals surface area (Å²) in [5.74, 6) is 5.45. The van der Waals surface area contributed by atoms with E-state index < -0.39 is 15.6 Å². The Labute approximate surface area is 165 Å². The van der Waals surface area contributed by atoms with Gasteiger partial charge < -0.3 is 0 Å². The number of aromatic nitrogens is 1. The summed E-state index contributed by atoms with van der Waals surface area (Å²) in [6.07, 6.45) is 4.47. The highest BCUT2D eigenvalue weighted by atomic mass is 32.2. The molecule has 0 aliphatic heterocycles. The first-order chi connectivity index (χ1) is 13.3. The summed E-state index contributed by atoms with van der Waals surface area (Å²) in [5, 5.41) is 0. The van der Waals surface area contributed by atoms with Gasteiger partial charge >= 0.3 is 0 Å². The predicted octanol–water partition coefficient (Wildman–Crippen LogP) is 4.40. The van der Waals surface area contributed by atoms with Crippen LogP contribution in [0, 0.1) is 25.7 Å². The molecule has 5 heteroatoms. The molecule has 1 atom stereocenters. The molecule has 3 aromatic rings. The Hall–Kier alpha value is -3.23. The average molecular weight is 388 g/mol. The van der Waals surface area contributed by atoms with Crippen molar-refractivity contribution in [2.75, 3.05) is 6.26 Å². The maximum Gasteiger partial charge on any atom is 0.286 e. The van der Waals surface area contributed by atoms with E-state index in [9.17, 15) is 9.00 Å². The summed E-state index contributed by atoms with van der Waals surface area (Å²) in [6.45, 7) is 3.85. The first-order valence-electron chi connectivity index (χ1n) is 8.70. The third-order valence-electron chi connectivity index (χ3n) is 4.00. The number of aryl methyl sites for hydroxylation is 2. The molecule has 1 amide bonds. The summed E-state index contributed by atoms with van der Waals surface area (Å²) < 4.78 is 17.0. The minimum atomic E-state index is -2.86. The molecule has 0 bridgehead atoms. The minimum Gasteiger partial charge on any atom is -0.266 e. The van der Waals surface area contributed by atoms with Crippen molar-refractivity contribution < 1.29 is 9.00 Å². The van der Waals surface area contributed by atoms with Gasteiger partial charge in [0.05, 0.1) is 15.3 Å². The Kier molecular flexibility index (Phi) is 5.72. The molecule has 0 saturated heterocycles. The highest BCUT2D eigenvalue weighted by Gasteiger charge is 2.13. The normalized spacial score (nSPS) is 12.4. The van der Waals surface area contributed by atoms with Crippen molar-refractivity contribution in [3.63, 3.8) is 0 Å². The fourth-order valence-electron chi connectivity index (χ4n) is 2.71. The third kappa shape index (κ3) is 4.93. The van der Waals surface area contributed by atoms with Crippen molar-refractivity contribution in [2.24, 2.45) is 4.36 Å². The van der Waals surface area contributed by atoms with E-state index in [0.29, 0.717) is 10.5 Å². The summed E-state index contributed by atoms with van der Waals surface area (Å²) in [5.41, 5.74) is 3.69. The van der Waals surface area contributed by atoms with Gasteiger partial charge in [-0.2, -0.15) is 4.36 Å². The van der Waals surface area contributed by atoms with Gasteiger partial charge in [-0.1, -0.05) is 36.1 Å². The van der Waals surface area contributed by atoms with Crippen molar-refractivity contribution in [1.29, 1.82) is 0 Å². The topological polar surface area (TPSA) is 59.4 Å². The molecule has 1 unspecified atom stereocenters. The van der Waals surface area contributed by atoms with E-state index in [2.05, 4.69) is 21.2 Å². The molecule has 1 heterocycles. The van der Waals surface area contributed by atoms with Crippen molar-refractivity contribution >= 4 is 15.6 Å². The van der Waals surface area contributed by atoms with Crippen LogP contribution >= 0.6 is 0 Å². The van der Waals surface area contributed by atoms with Crippen LogP contribution in [0.1, 0.15) is 32.6 Å². The second kappa shape index (κ2) is 8.20. The van der Waals surface area contributed by atoms with Gasteiger partial charge in [0, 0.05) is 34.7 Å². The lowest BCUT2D eigenvalue weighted by atomic mass is 10.2. The van der Waals surface area contributed by atoms with E-state index in [1.807, 2.05) is 50.2 Å². The molecule has 0 aliphatic carbocycles. The number of nitrogens with zero attached hydrogens (tertiary/aromatic N) is 2. The quantitative estimate of drug-likeness (QED) is 0.612. The molecular weight excluding hydrogens is 368 g/mol. The van der Waals surface area contributed by atoms with Crippen molar-refractivity contribution in [3.8, 4) is 11.8 Å². The van der Waals surface area contributed by atoms with Gasteiger partial charge in [0.25, 0.3) is 5.91 Å². The lowest BCUT2D eigenvalue weighted by Crippen LogP contribution is -2.05. The van der Waals surface area contributed by atoms with Crippen LogP contribution in [0.3, 0.4) is 0 Å². The van der Waals surface area contributed by atoms with Crippen LogP contribution in [0.5, 0.6) is 0 Å². The Bertz CT molecular complexity index is 1190. The van der Waals surface area contributed by atoms with E-state index in [1.165, 1.54) is 12.5 Å². The molecule has 0 radical (unpaired) electrons. The summed E-state index contributed by atoms with van der Waals surface area (Å²) in [4.78, 5) is 17.2. The van der Waals surface area contributed by atoms with Gasteiger partial charge in [-0.05, 0) is 55.3 Å². The van der Waals surface area contributed by atoms with Crippen LogP contribution in [0.2, 0.25) is 0 Å². The first-order valence-corrected chi connectivity index (χ1v) is 10.6. The third-order valence-corrected chi connectivity index (χ3v) is 5.62. The zero-order valence-electron chi connectivity index (χ0n) is 16.0. The number of pyridine rings is 1. The zero-order valence-corrected chi connectivity index (χ0v) is 16.8. The lowest BCUT2D eigenvalue weighted by Gasteiger charge is -2.07. The number of carbonyl (C=O) groups is 1. The highest BCUT2D eigenvalue weighted by molar-refractivity contribution is 7.93. The molecule has 0 saturated carbocycles. The van der Waals surface area contributed by atoms with E-state index in [0.717, 1.165) is 16.7 Å². The molecule has 4 nitrogen and oxygen atoms in total. The van der Waals surface area contributed by atoms with Crippen LogP contribution in [0.15, 0.2) is 76.2 Å². The molecule has 28 heavy (non-hydrogen) atoms. The van der Waals surface area contributed by atoms with Gasteiger partial charge in [-0.15, -0.1) is 0 Å². The second-order valence-corrected chi connectivity index (χ2v) is 8.86. The predicted molar refractivity (Wildman–Crippen MR) is 112 cm³/mol. The Morgan fingerprint density at radius 3 is 2.25 bits per heavy atom. The molecule has 3 rings (SSSR count). The monoisotopic (exact) mass is 388 g/mol. The maximum absolute atomic E-state index is 13.0. The zero-order chi connectivity index (χ0) is 20.1. The number of hydrogen-bond acceptors (Lipinski definition) is 3. The fourth-order valence-corrected chi connectivity index (χ4v) is 4.04. The molecule has 1 aromatic heterocycles. The van der Waals surface area contributed by atoms with Crippen LogP contribution in [0.4, 0.5) is 0 Å². The van der Waals surface area contributed by atoms with Crippen LogP contribution in [-0.4, -0.2) is 21.4 Å². The summed E-state index contributed by atoms with van der Waals surface area (Å²) in [7, 11) is -2.86. The fraction of sp³-hybridized carbons (Fsp3) is 0.130. The van der Waals surface area contributed by atoms with Crippen molar-refractivity contribution in [3.05, 3.63) is 94.8 Å². The molecule has 0 spiro atoms. The van der Waals surface area contributed by atoms with Gasteiger partial charge in [-0.25, -0.2) is 4.21 Å². The molecule has 0 N–H and O–H groups in total. The lowest BCUT2D eigenvalue weighted by molar-refractivity contribution is 0.100. The van der Waals surface area contributed by atoms with Crippen molar-refractivity contribution in [1.82, 2.24) is 4.98 Å². The Morgan fingerprint density at radius 2 is 1.57 bits per heavy atom. The van der Waals surface area contributed by atoms with Crippen LogP contribution < -0.4 is 0 Å². The average Bonchev–Trinajstić information content (AvgIpc) is 2.66. The second-order valence-electron chi connectivity index (χ2n) is 6.60. The molecule has 2 aromatic carbocycles. The summed E-state index contributed by atoms with van der Waals surface area (Å²) >= 11 is 0. The first kappa shape index (κ1) is 19.5. The number of benzene rings is 2. The van der Waals surface area contributed by atoms with Gasteiger partial charge in [0.15, 0.2) is 0 Å². The Balaban J connectivity index is 1.91. The van der Waals surface area contributed by atoms with Gasteiger partial charge in [0.1, 0.15) is 0 Å². The van der Waals surface area contributed by atoms with E-state index in [1.54, 1.807) is 24.4 Å². The number of carbonyl (C=O) groups excluding carboxylic acids is 1. The minimum absolute atomic E-state index is 0.263. The SMILES string of the molecule is Cc1cc(C)cc(S(C)(=O)=NC(=O)c2cncc(C#Cc3ccccc3)c2)c1. The van der Waals surface area contributed by atoms with E-state index in [4.69, 9.17) is 0 Å². The molecular formula is C23H20N2O2S. The van der Waals surface area contributed by atoms with Gasteiger partial charge in [-0.3, -0.25) is 9.78 Å². The Morgan fingerprint density at radius 1 is 0.929 bits per heavy atom. The largest absolute Gasteiger partial charge is 0.286 e. The highest BCUT2D eigenvalue weighted by Crippen LogP contribution is 2.17. The molecule has 140 valence electrons. The van der Waals surface area contributed by atoms with Gasteiger partial charge in [0.2, 0.25) is 0 Å². The standard InChI is InChI=1S/C23H20N2O2S/c1-17-11-18(2)13-22(12-17)28(3,27)25-23(26)21-14-20(15-24-16-21)10-9-19-7-5-4-6-8-19/h4-8,11-16H,1-3H3. The summed E-state index contributed by atoms with van der Waals surface area (Å²) in [6, 6.07) is 16.7. The maximum atomic E-state index is 13.0. The van der Waals surface area contributed by atoms with E-state index in [-0.39, 0.29) is 5.56 Å². The smallest absolute Gasteiger partial charge is 0.266 e. The molecule has 0 fully saturated rings. The molecule has 0 aliphatic rings. The number of amides is 1. The van der Waals surface area contributed by atoms with E-state index >= 15 is 0 Å².